The topological polar surface area (TPSA) is 191 Å². The summed E-state index contributed by atoms with van der Waals surface area (Å²) < 4.78 is 33.5. The molecule has 2 aliphatic heterocycles. The number of nitrogens with zero attached hydrogens (tertiary/aromatic N) is 1. The SMILES string of the molecule is COc1ccc(CN(Cc2cc(OC)c3c(c2)OCO3)CC2CCCO2)c(OC)c1.O=C(O)CC(O)(CC(=O)O)C(=O)O. The maximum atomic E-state index is 10.3. The molecular weight excluding hydrogens is 570 g/mol. The number of carbonyl (C=O) groups is 3. The molecule has 2 aromatic rings. The van der Waals surface area contributed by atoms with E-state index in [0.717, 1.165) is 67.5 Å². The van der Waals surface area contributed by atoms with Gasteiger partial charge in [-0.2, -0.15) is 0 Å². The third-order valence-electron chi connectivity index (χ3n) is 6.78. The number of benzene rings is 2. The molecule has 0 aromatic heterocycles. The molecule has 1 saturated heterocycles. The Balaban J connectivity index is 0.000000331. The molecule has 1 atom stereocenters. The summed E-state index contributed by atoms with van der Waals surface area (Å²) in [6.45, 7) is 3.35. The molecule has 0 radical (unpaired) electrons. The number of hydrogen-bond acceptors (Lipinski definition) is 11. The largest absolute Gasteiger partial charge is 0.497 e. The second-order valence-electron chi connectivity index (χ2n) is 9.99. The van der Waals surface area contributed by atoms with Crippen molar-refractivity contribution in [3.05, 3.63) is 41.5 Å². The number of rotatable bonds is 14. The molecule has 14 nitrogen and oxygen atoms in total. The van der Waals surface area contributed by atoms with Crippen molar-refractivity contribution >= 4 is 17.9 Å². The molecule has 4 rings (SSSR count). The highest BCUT2D eigenvalue weighted by atomic mass is 16.7. The summed E-state index contributed by atoms with van der Waals surface area (Å²) >= 11 is 0. The maximum absolute atomic E-state index is 10.3. The second-order valence-corrected chi connectivity index (χ2v) is 9.99. The highest BCUT2D eigenvalue weighted by Gasteiger charge is 2.40. The third kappa shape index (κ3) is 9.36. The van der Waals surface area contributed by atoms with Gasteiger partial charge >= 0.3 is 17.9 Å². The lowest BCUT2D eigenvalue weighted by molar-refractivity contribution is -0.170. The van der Waals surface area contributed by atoms with Crippen LogP contribution in [0.2, 0.25) is 0 Å². The van der Waals surface area contributed by atoms with Crippen molar-refractivity contribution < 1.29 is 63.2 Å². The van der Waals surface area contributed by atoms with Crippen molar-refractivity contribution in [3.63, 3.8) is 0 Å². The van der Waals surface area contributed by atoms with Gasteiger partial charge in [0, 0.05) is 37.9 Å². The van der Waals surface area contributed by atoms with Crippen molar-refractivity contribution in [3.8, 4) is 28.7 Å². The molecule has 0 spiro atoms. The average Bonchev–Trinajstić information content (AvgIpc) is 3.64. The zero-order valence-corrected chi connectivity index (χ0v) is 24.2. The zero-order chi connectivity index (χ0) is 31.6. The molecule has 0 bridgehead atoms. The van der Waals surface area contributed by atoms with Crippen LogP contribution in [0, 0.1) is 0 Å². The van der Waals surface area contributed by atoms with Gasteiger partial charge in [-0.15, -0.1) is 0 Å². The predicted octanol–water partition coefficient (Wildman–Crippen LogP) is 2.37. The molecule has 2 aromatic carbocycles. The Morgan fingerprint density at radius 3 is 2.19 bits per heavy atom. The summed E-state index contributed by atoms with van der Waals surface area (Å²) in [4.78, 5) is 32.9. The van der Waals surface area contributed by atoms with Gasteiger partial charge in [0.25, 0.3) is 0 Å². The van der Waals surface area contributed by atoms with Gasteiger partial charge in [0.05, 0.1) is 40.3 Å². The van der Waals surface area contributed by atoms with Crippen LogP contribution in [0.15, 0.2) is 30.3 Å². The molecule has 1 unspecified atom stereocenters. The number of methoxy groups -OCH3 is 3. The van der Waals surface area contributed by atoms with Gasteiger partial charge < -0.3 is 48.8 Å². The first-order valence-electron chi connectivity index (χ1n) is 13.4. The Morgan fingerprint density at radius 1 is 0.930 bits per heavy atom. The zero-order valence-electron chi connectivity index (χ0n) is 24.2. The molecule has 0 aliphatic carbocycles. The lowest BCUT2D eigenvalue weighted by Gasteiger charge is -2.26. The Morgan fingerprint density at radius 2 is 1.63 bits per heavy atom. The van der Waals surface area contributed by atoms with E-state index in [4.69, 9.17) is 48.8 Å². The Labute approximate surface area is 248 Å². The van der Waals surface area contributed by atoms with Crippen molar-refractivity contribution in [2.45, 2.75) is 50.5 Å². The molecule has 1 fully saturated rings. The molecule has 43 heavy (non-hydrogen) atoms. The first-order chi connectivity index (χ1) is 20.5. The lowest BCUT2D eigenvalue weighted by atomic mass is 9.96. The summed E-state index contributed by atoms with van der Waals surface area (Å²) in [7, 11) is 4.99. The summed E-state index contributed by atoms with van der Waals surface area (Å²) in [6.07, 6.45) is 0.150. The van der Waals surface area contributed by atoms with Crippen molar-refractivity contribution in [2.24, 2.45) is 0 Å². The lowest BCUT2D eigenvalue weighted by Crippen LogP contribution is -2.42. The van der Waals surface area contributed by atoms with Gasteiger partial charge in [-0.1, -0.05) is 6.07 Å². The van der Waals surface area contributed by atoms with Gasteiger partial charge in [0.15, 0.2) is 17.1 Å². The van der Waals surface area contributed by atoms with Gasteiger partial charge in [-0.3, -0.25) is 14.5 Å². The van der Waals surface area contributed by atoms with Crippen LogP contribution in [0.5, 0.6) is 28.7 Å². The summed E-state index contributed by atoms with van der Waals surface area (Å²) in [5.74, 6) is -1.34. The van der Waals surface area contributed by atoms with Crippen LogP contribution in [0.1, 0.15) is 36.8 Å². The van der Waals surface area contributed by atoms with Crippen LogP contribution >= 0.6 is 0 Å². The van der Waals surface area contributed by atoms with Crippen molar-refractivity contribution in [2.75, 3.05) is 41.3 Å². The second kappa shape index (κ2) is 15.3. The van der Waals surface area contributed by atoms with Crippen LogP contribution in [-0.2, 0) is 32.2 Å². The fraction of sp³-hybridized carbons (Fsp3) is 0.483. The minimum atomic E-state index is -2.74. The number of fused-ring (bicyclic) bond motifs is 1. The van der Waals surface area contributed by atoms with E-state index < -0.39 is 36.4 Å². The Kier molecular flexibility index (Phi) is 11.8. The normalized spacial score (nSPS) is 15.4. The molecule has 0 saturated carbocycles. The van der Waals surface area contributed by atoms with E-state index in [1.54, 1.807) is 21.3 Å². The van der Waals surface area contributed by atoms with Crippen molar-refractivity contribution in [1.29, 1.82) is 0 Å². The van der Waals surface area contributed by atoms with E-state index in [9.17, 15) is 14.4 Å². The molecule has 236 valence electrons. The van der Waals surface area contributed by atoms with Gasteiger partial charge in [-0.05, 0) is 36.6 Å². The monoisotopic (exact) mass is 607 g/mol. The van der Waals surface area contributed by atoms with Gasteiger partial charge in [0.1, 0.15) is 11.5 Å². The fourth-order valence-electron chi connectivity index (χ4n) is 4.73. The van der Waals surface area contributed by atoms with Gasteiger partial charge in [-0.25, -0.2) is 4.79 Å². The number of carboxylic acid groups (broad SMARTS) is 3. The Bertz CT molecular complexity index is 1260. The number of carboxylic acids is 3. The summed E-state index contributed by atoms with van der Waals surface area (Å²) in [5, 5.41) is 33.8. The minimum absolute atomic E-state index is 0.220. The van der Waals surface area contributed by atoms with Crippen molar-refractivity contribution in [1.82, 2.24) is 4.90 Å². The van der Waals surface area contributed by atoms with E-state index in [2.05, 4.69) is 11.0 Å². The van der Waals surface area contributed by atoms with Crippen LogP contribution < -0.4 is 23.7 Å². The Hall–Kier alpha value is -4.27. The highest BCUT2D eigenvalue weighted by Crippen LogP contribution is 2.42. The number of ether oxygens (including phenoxy) is 6. The molecule has 0 amide bonds. The average molecular weight is 608 g/mol. The third-order valence-corrected chi connectivity index (χ3v) is 6.78. The number of aliphatic carboxylic acids is 3. The maximum Gasteiger partial charge on any atom is 0.336 e. The van der Waals surface area contributed by atoms with E-state index in [1.807, 2.05) is 24.3 Å². The quantitative estimate of drug-likeness (QED) is 0.245. The van der Waals surface area contributed by atoms with Crippen LogP contribution in [0.3, 0.4) is 0 Å². The smallest absolute Gasteiger partial charge is 0.336 e. The van der Waals surface area contributed by atoms with Crippen LogP contribution in [0.25, 0.3) is 0 Å². The first kappa shape index (κ1) is 33.2. The summed E-state index contributed by atoms with van der Waals surface area (Å²) in [6, 6.07) is 9.98. The first-order valence-corrected chi connectivity index (χ1v) is 13.4. The molecule has 2 heterocycles. The standard InChI is InChI=1S/C23H29NO6.C6H8O7/c1-25-18-7-6-17(20(11-18)26-2)13-24(14-19-5-4-8-28-19)12-16-9-21(27-3)23-22(10-16)29-15-30-23;7-3(8)1-6(13,5(11)12)2-4(9)10/h6-7,9-11,19H,4-5,8,12-15H2,1-3H3;13H,1-2H2,(H,7,8)(H,9,10)(H,11,12). The van der Waals surface area contributed by atoms with Crippen LogP contribution in [-0.4, -0.2) is 96.2 Å². The highest BCUT2D eigenvalue weighted by molar-refractivity contribution is 5.88. The van der Waals surface area contributed by atoms with Gasteiger partial charge in [0.2, 0.25) is 12.5 Å². The van der Waals surface area contributed by atoms with E-state index in [-0.39, 0.29) is 12.9 Å². The minimum Gasteiger partial charge on any atom is -0.497 e. The molecular formula is C29H37NO13. The molecule has 2 aliphatic rings. The number of hydrogen-bond donors (Lipinski definition) is 4. The van der Waals surface area contributed by atoms with E-state index in [0.29, 0.717) is 11.5 Å². The van der Waals surface area contributed by atoms with Crippen LogP contribution in [0.4, 0.5) is 0 Å². The van der Waals surface area contributed by atoms with E-state index in [1.165, 1.54) is 0 Å². The summed E-state index contributed by atoms with van der Waals surface area (Å²) in [5.41, 5.74) is -0.539. The molecule has 14 heteroatoms. The van der Waals surface area contributed by atoms with E-state index >= 15 is 0 Å². The fourth-order valence-corrected chi connectivity index (χ4v) is 4.73. The predicted molar refractivity (Wildman–Crippen MR) is 149 cm³/mol. The molecule has 4 N–H and O–H groups in total. The number of aliphatic hydroxyl groups is 1.